The predicted molar refractivity (Wildman–Crippen MR) is 118 cm³/mol. The number of fused-ring (bicyclic) bond motifs is 1. The summed E-state index contributed by atoms with van der Waals surface area (Å²) in [6.07, 6.45) is 2.88. The van der Waals surface area contributed by atoms with E-state index < -0.39 is 0 Å². The Morgan fingerprint density at radius 2 is 1.72 bits per heavy atom. The molecule has 6 heteroatoms. The van der Waals surface area contributed by atoms with E-state index in [1.165, 1.54) is 22.2 Å². The number of hydrogen-bond donors (Lipinski definition) is 2. The third-order valence-corrected chi connectivity index (χ3v) is 5.58. The Morgan fingerprint density at radius 1 is 0.897 bits per heavy atom. The van der Waals surface area contributed by atoms with Crippen LogP contribution in [0.4, 0.5) is 5.69 Å². The molecule has 0 aliphatic rings. The zero-order chi connectivity index (χ0) is 20.1. The zero-order valence-corrected chi connectivity index (χ0v) is 16.6. The van der Waals surface area contributed by atoms with Crippen molar-refractivity contribution >= 4 is 39.7 Å². The molecule has 2 N–H and O–H groups in total. The number of aryl methyl sites for hydroxylation is 1. The van der Waals surface area contributed by atoms with Crippen molar-refractivity contribution in [1.29, 1.82) is 0 Å². The van der Waals surface area contributed by atoms with E-state index in [-0.39, 0.29) is 11.8 Å². The molecule has 0 radical (unpaired) electrons. The topological polar surface area (TPSA) is 63.1 Å². The molecule has 0 spiro atoms. The molecule has 0 saturated heterocycles. The average molecular weight is 404 g/mol. The van der Waals surface area contributed by atoms with Gasteiger partial charge in [0.25, 0.3) is 11.8 Å². The average Bonchev–Trinajstić information content (AvgIpc) is 3.42. The summed E-state index contributed by atoms with van der Waals surface area (Å²) < 4.78 is 2.19. The first-order chi connectivity index (χ1) is 14.2. The van der Waals surface area contributed by atoms with Crippen LogP contribution in [-0.2, 0) is 6.54 Å². The van der Waals surface area contributed by atoms with Crippen LogP contribution in [0.2, 0.25) is 0 Å². The summed E-state index contributed by atoms with van der Waals surface area (Å²) in [6.45, 7) is 1.38. The second-order valence-corrected chi connectivity index (χ2v) is 7.60. The highest BCUT2D eigenvalue weighted by molar-refractivity contribution is 7.12. The monoisotopic (exact) mass is 403 g/mol. The summed E-state index contributed by atoms with van der Waals surface area (Å²) in [5.74, 6) is -0.399. The quantitative estimate of drug-likeness (QED) is 0.437. The van der Waals surface area contributed by atoms with Crippen LogP contribution in [0.3, 0.4) is 0 Å². The van der Waals surface area contributed by atoms with Crippen molar-refractivity contribution in [3.63, 3.8) is 0 Å². The van der Waals surface area contributed by atoms with Crippen LogP contribution >= 0.6 is 11.3 Å². The highest BCUT2D eigenvalue weighted by Gasteiger charge is 2.14. The SMILES string of the molecule is O=C(Nc1ccccc1C(=O)NCCCn1ccc2ccccc21)c1cccs1. The Kier molecular flexibility index (Phi) is 5.72. The van der Waals surface area contributed by atoms with E-state index in [0.717, 1.165) is 13.0 Å². The Hall–Kier alpha value is -3.38. The Bertz CT molecular complexity index is 1130. The van der Waals surface area contributed by atoms with Gasteiger partial charge in [-0.25, -0.2) is 0 Å². The minimum absolute atomic E-state index is 0.190. The normalized spacial score (nSPS) is 10.8. The number of amides is 2. The summed E-state index contributed by atoms with van der Waals surface area (Å²) in [5, 5.41) is 8.85. The fraction of sp³-hybridized carbons (Fsp3) is 0.130. The van der Waals surface area contributed by atoms with E-state index in [9.17, 15) is 9.59 Å². The number of carbonyl (C=O) groups excluding carboxylic acids is 2. The van der Waals surface area contributed by atoms with Gasteiger partial charge < -0.3 is 15.2 Å². The molecular weight excluding hydrogens is 382 g/mol. The van der Waals surface area contributed by atoms with Gasteiger partial charge in [-0.3, -0.25) is 9.59 Å². The van der Waals surface area contributed by atoms with Gasteiger partial charge in [0.15, 0.2) is 0 Å². The minimum Gasteiger partial charge on any atom is -0.352 e. The molecule has 4 aromatic rings. The van der Waals surface area contributed by atoms with Crippen LogP contribution < -0.4 is 10.6 Å². The standard InChI is InChI=1S/C23H21N3O2S/c27-22(24-13-6-14-26-15-12-17-7-1-4-10-20(17)26)18-8-2-3-9-19(18)25-23(28)21-11-5-16-29-21/h1-5,7-12,15-16H,6,13-14H2,(H,24,27)(H,25,28). The number of nitrogens with one attached hydrogen (secondary N) is 2. The van der Waals surface area contributed by atoms with E-state index >= 15 is 0 Å². The lowest BCUT2D eigenvalue weighted by Crippen LogP contribution is -2.26. The van der Waals surface area contributed by atoms with Crippen LogP contribution in [0.1, 0.15) is 26.5 Å². The van der Waals surface area contributed by atoms with Gasteiger partial charge in [-0.15, -0.1) is 11.3 Å². The third kappa shape index (κ3) is 4.38. The highest BCUT2D eigenvalue weighted by atomic mass is 32.1. The first-order valence-corrected chi connectivity index (χ1v) is 10.4. The van der Waals surface area contributed by atoms with Crippen molar-refractivity contribution in [2.24, 2.45) is 0 Å². The van der Waals surface area contributed by atoms with Crippen molar-refractivity contribution in [2.75, 3.05) is 11.9 Å². The molecule has 2 heterocycles. The van der Waals surface area contributed by atoms with E-state index in [1.807, 2.05) is 23.6 Å². The van der Waals surface area contributed by atoms with Gasteiger partial charge in [0.1, 0.15) is 0 Å². The van der Waals surface area contributed by atoms with E-state index in [4.69, 9.17) is 0 Å². The predicted octanol–water partition coefficient (Wildman–Crippen LogP) is 4.78. The van der Waals surface area contributed by atoms with Gasteiger partial charge in [-0.05, 0) is 47.5 Å². The lowest BCUT2D eigenvalue weighted by Gasteiger charge is -2.11. The molecule has 2 aromatic carbocycles. The summed E-state index contributed by atoms with van der Waals surface area (Å²) in [6, 6.07) is 21.0. The second-order valence-electron chi connectivity index (χ2n) is 6.65. The maximum absolute atomic E-state index is 12.6. The highest BCUT2D eigenvalue weighted by Crippen LogP contribution is 2.18. The Morgan fingerprint density at radius 3 is 2.59 bits per heavy atom. The van der Waals surface area contributed by atoms with Crippen molar-refractivity contribution in [3.05, 3.63) is 88.7 Å². The molecule has 29 heavy (non-hydrogen) atoms. The molecule has 0 bridgehead atoms. The molecule has 0 fully saturated rings. The Balaban J connectivity index is 1.34. The van der Waals surface area contributed by atoms with Gasteiger partial charge in [0.2, 0.25) is 0 Å². The molecule has 0 saturated carbocycles. The number of thiophene rings is 1. The molecular formula is C23H21N3O2S. The van der Waals surface area contributed by atoms with Crippen molar-refractivity contribution < 1.29 is 9.59 Å². The van der Waals surface area contributed by atoms with Crippen LogP contribution in [0.15, 0.2) is 78.3 Å². The van der Waals surface area contributed by atoms with Gasteiger partial charge in [0.05, 0.1) is 16.1 Å². The maximum Gasteiger partial charge on any atom is 0.265 e. The molecule has 4 rings (SSSR count). The lowest BCUT2D eigenvalue weighted by atomic mass is 10.1. The summed E-state index contributed by atoms with van der Waals surface area (Å²) in [5.41, 5.74) is 2.17. The molecule has 2 amide bonds. The van der Waals surface area contributed by atoms with E-state index in [1.54, 1.807) is 30.3 Å². The largest absolute Gasteiger partial charge is 0.352 e. The smallest absolute Gasteiger partial charge is 0.265 e. The first-order valence-electron chi connectivity index (χ1n) is 9.48. The molecule has 146 valence electrons. The van der Waals surface area contributed by atoms with E-state index in [0.29, 0.717) is 22.7 Å². The number of hydrogen-bond acceptors (Lipinski definition) is 3. The number of para-hydroxylation sites is 2. The molecule has 5 nitrogen and oxygen atoms in total. The van der Waals surface area contributed by atoms with Crippen molar-refractivity contribution in [2.45, 2.75) is 13.0 Å². The summed E-state index contributed by atoms with van der Waals surface area (Å²) in [4.78, 5) is 25.6. The van der Waals surface area contributed by atoms with Crippen LogP contribution in [0.5, 0.6) is 0 Å². The van der Waals surface area contributed by atoms with E-state index in [2.05, 4.69) is 39.6 Å². The number of aromatic nitrogens is 1. The molecule has 0 aliphatic heterocycles. The summed E-state index contributed by atoms with van der Waals surface area (Å²) >= 11 is 1.37. The number of rotatable bonds is 7. The number of nitrogens with zero attached hydrogens (tertiary/aromatic N) is 1. The van der Waals surface area contributed by atoms with Gasteiger partial charge in [-0.1, -0.05) is 36.4 Å². The number of benzene rings is 2. The maximum atomic E-state index is 12.6. The van der Waals surface area contributed by atoms with Gasteiger partial charge in [0, 0.05) is 24.8 Å². The van der Waals surface area contributed by atoms with Crippen LogP contribution in [0, 0.1) is 0 Å². The molecule has 2 aromatic heterocycles. The van der Waals surface area contributed by atoms with Crippen LogP contribution in [0.25, 0.3) is 10.9 Å². The summed E-state index contributed by atoms with van der Waals surface area (Å²) in [7, 11) is 0. The third-order valence-electron chi connectivity index (χ3n) is 4.71. The zero-order valence-electron chi connectivity index (χ0n) is 15.8. The molecule has 0 atom stereocenters. The number of anilines is 1. The fourth-order valence-electron chi connectivity index (χ4n) is 3.26. The molecule has 0 aliphatic carbocycles. The fourth-order valence-corrected chi connectivity index (χ4v) is 3.88. The van der Waals surface area contributed by atoms with Crippen LogP contribution in [-0.4, -0.2) is 22.9 Å². The first kappa shape index (κ1) is 19.0. The number of carbonyl (C=O) groups is 2. The van der Waals surface area contributed by atoms with Crippen molar-refractivity contribution in [3.8, 4) is 0 Å². The second kappa shape index (κ2) is 8.75. The van der Waals surface area contributed by atoms with Crippen molar-refractivity contribution in [1.82, 2.24) is 9.88 Å². The Labute approximate surface area is 173 Å². The minimum atomic E-state index is -0.209. The lowest BCUT2D eigenvalue weighted by molar-refractivity contribution is 0.0953. The van der Waals surface area contributed by atoms with Gasteiger partial charge >= 0.3 is 0 Å². The van der Waals surface area contributed by atoms with Gasteiger partial charge in [-0.2, -0.15) is 0 Å². The molecule has 0 unspecified atom stereocenters.